The molecule has 0 atom stereocenters. The van der Waals surface area contributed by atoms with Gasteiger partial charge < -0.3 is 0 Å². The van der Waals surface area contributed by atoms with Crippen molar-refractivity contribution in [2.75, 3.05) is 0 Å². The molecule has 0 unspecified atom stereocenters. The quantitative estimate of drug-likeness (QED) is 0.196. The number of rotatable bonds is 4. The molecule has 0 radical (unpaired) electrons. The Kier molecular flexibility index (Phi) is 10.9. The number of hydrogen-bond donors (Lipinski definition) is 0. The summed E-state index contributed by atoms with van der Waals surface area (Å²) in [5.74, 6) is 0. The van der Waals surface area contributed by atoms with Crippen LogP contribution in [0.1, 0.15) is 107 Å². The zero-order valence-electron chi connectivity index (χ0n) is 29.3. The van der Waals surface area contributed by atoms with Crippen LogP contribution in [-0.4, -0.2) is 3.21 Å². The number of hydrogen-bond acceptors (Lipinski definition) is 0. The van der Waals surface area contributed by atoms with Crippen molar-refractivity contribution < 1.29 is 21.3 Å². The van der Waals surface area contributed by atoms with E-state index in [1.165, 1.54) is 55.6 Å². The molecule has 0 saturated carbocycles. The minimum absolute atomic E-state index is 0. The fraction of sp³-hybridized carbons (Fsp3) is 0.326. The Bertz CT molecular complexity index is 1740. The fourth-order valence-electron chi connectivity index (χ4n) is 7.55. The molecule has 0 aliphatic heterocycles. The third kappa shape index (κ3) is 6.81. The van der Waals surface area contributed by atoms with Crippen LogP contribution in [0.2, 0.25) is 0 Å². The van der Waals surface area contributed by atoms with Crippen LogP contribution in [0, 0.1) is 27.7 Å². The zero-order chi connectivity index (χ0) is 31.6. The third-order valence-electron chi connectivity index (χ3n) is 9.68. The van der Waals surface area contributed by atoms with Crippen LogP contribution < -0.4 is 0 Å². The van der Waals surface area contributed by atoms with Crippen molar-refractivity contribution in [1.82, 2.24) is 0 Å². The smallest absolute Gasteiger partial charge is 0.147 e. The van der Waals surface area contributed by atoms with E-state index in [9.17, 15) is 0 Å². The van der Waals surface area contributed by atoms with Gasteiger partial charge in [-0.1, -0.05) is 0 Å². The van der Waals surface area contributed by atoms with Crippen molar-refractivity contribution in [2.45, 2.75) is 90.1 Å². The molecule has 2 aliphatic carbocycles. The van der Waals surface area contributed by atoms with Crippen LogP contribution in [0.5, 0.6) is 0 Å². The molecule has 6 rings (SSSR count). The van der Waals surface area contributed by atoms with Crippen LogP contribution in [0.4, 0.5) is 0 Å². The van der Waals surface area contributed by atoms with E-state index in [4.69, 9.17) is 0 Å². The Labute approximate surface area is 298 Å². The van der Waals surface area contributed by atoms with Crippen molar-refractivity contribution in [1.29, 1.82) is 0 Å². The topological polar surface area (TPSA) is 0 Å². The van der Waals surface area contributed by atoms with Crippen LogP contribution in [0.15, 0.2) is 94.3 Å². The number of benzene rings is 4. The predicted molar refractivity (Wildman–Crippen MR) is 202 cm³/mol. The number of aryl methyl sites for hydroxylation is 4. The molecular formula is C43H50Cl2Zr. The summed E-state index contributed by atoms with van der Waals surface area (Å²) in [7, 11) is 0. The van der Waals surface area contributed by atoms with Gasteiger partial charge in [0.1, 0.15) is 0 Å². The molecular weight excluding hydrogens is 679 g/mol. The van der Waals surface area contributed by atoms with Crippen molar-refractivity contribution in [3.8, 4) is 11.1 Å². The van der Waals surface area contributed by atoms with Gasteiger partial charge >= 0.3 is 276 Å². The van der Waals surface area contributed by atoms with Crippen molar-refractivity contribution in [2.24, 2.45) is 0 Å². The first-order chi connectivity index (χ1) is 20.7. The van der Waals surface area contributed by atoms with E-state index < -0.39 is 21.3 Å². The minimum Gasteiger partial charge on any atom is -0.147 e. The Balaban J connectivity index is 0.00000240. The molecule has 0 heterocycles. The van der Waals surface area contributed by atoms with Gasteiger partial charge in [0.15, 0.2) is 0 Å². The fourth-order valence-corrected chi connectivity index (χ4v) is 16.5. The largest absolute Gasteiger partial charge is 0.147 e. The van der Waals surface area contributed by atoms with E-state index in [1.807, 2.05) is 0 Å². The average Bonchev–Trinajstić information content (AvgIpc) is 3.57. The maximum absolute atomic E-state index is 2.71. The second-order valence-corrected chi connectivity index (χ2v) is 21.5. The summed E-state index contributed by atoms with van der Waals surface area (Å²) in [6.45, 7) is 23.3. The summed E-state index contributed by atoms with van der Waals surface area (Å²) >= 11 is -2.71. The summed E-state index contributed by atoms with van der Waals surface area (Å²) in [5.41, 5.74) is 17.5. The molecule has 0 amide bonds. The average molecular weight is 729 g/mol. The molecule has 4 aromatic carbocycles. The second-order valence-electron chi connectivity index (χ2n) is 15.3. The molecule has 240 valence electrons. The van der Waals surface area contributed by atoms with E-state index in [1.54, 1.807) is 17.6 Å². The van der Waals surface area contributed by atoms with Gasteiger partial charge in [0.2, 0.25) is 0 Å². The van der Waals surface area contributed by atoms with Gasteiger partial charge in [-0.2, -0.15) is 0 Å². The van der Waals surface area contributed by atoms with Gasteiger partial charge in [0.05, 0.1) is 0 Å². The monoisotopic (exact) mass is 726 g/mol. The van der Waals surface area contributed by atoms with E-state index in [0.717, 1.165) is 6.42 Å². The summed E-state index contributed by atoms with van der Waals surface area (Å²) in [6.07, 6.45) is 8.27. The predicted octanol–water partition coefficient (Wildman–Crippen LogP) is 12.2. The zero-order valence-corrected chi connectivity index (χ0v) is 33.4. The van der Waals surface area contributed by atoms with E-state index in [-0.39, 0.29) is 35.6 Å². The number of halogens is 2. The molecule has 3 heteroatoms. The van der Waals surface area contributed by atoms with Gasteiger partial charge in [0, 0.05) is 0 Å². The molecule has 0 spiro atoms. The van der Waals surface area contributed by atoms with Crippen LogP contribution in [0.25, 0.3) is 11.1 Å². The molecule has 0 aromatic heterocycles. The maximum Gasteiger partial charge on any atom is -0.147 e. The minimum atomic E-state index is -2.71. The van der Waals surface area contributed by atoms with Gasteiger partial charge in [-0.05, 0) is 0 Å². The number of allylic oxidation sites excluding steroid dienone is 4. The first-order valence-electron chi connectivity index (χ1n) is 16.3. The van der Waals surface area contributed by atoms with Crippen molar-refractivity contribution in [3.63, 3.8) is 0 Å². The Morgan fingerprint density at radius 2 is 1.02 bits per heavy atom. The third-order valence-corrected chi connectivity index (χ3v) is 18.0. The normalized spacial score (nSPS) is 13.8. The van der Waals surface area contributed by atoms with E-state index in [2.05, 4.69) is 160 Å². The van der Waals surface area contributed by atoms with Crippen LogP contribution >= 0.6 is 24.8 Å². The summed E-state index contributed by atoms with van der Waals surface area (Å²) in [5, 5.41) is 0. The van der Waals surface area contributed by atoms with E-state index >= 15 is 0 Å². The summed E-state index contributed by atoms with van der Waals surface area (Å²) < 4.78 is 3.75. The van der Waals surface area contributed by atoms with E-state index in [0.29, 0.717) is 3.63 Å². The van der Waals surface area contributed by atoms with Gasteiger partial charge in [0.25, 0.3) is 0 Å². The van der Waals surface area contributed by atoms with Crippen LogP contribution in [0.3, 0.4) is 0 Å². The first kappa shape index (κ1) is 36.5. The Hall–Kier alpha value is -2.31. The van der Waals surface area contributed by atoms with Gasteiger partial charge in [-0.3, -0.25) is 0 Å². The molecule has 0 nitrogen and oxygen atoms in total. The van der Waals surface area contributed by atoms with Crippen molar-refractivity contribution >= 4 is 28.0 Å². The molecule has 0 saturated heterocycles. The molecule has 0 fully saturated rings. The van der Waals surface area contributed by atoms with Gasteiger partial charge in [-0.15, -0.1) is 24.8 Å². The second kappa shape index (κ2) is 13.7. The Morgan fingerprint density at radius 1 is 0.609 bits per heavy atom. The Morgan fingerprint density at radius 3 is 1.37 bits per heavy atom. The molecule has 4 aromatic rings. The molecule has 2 aliphatic rings. The first-order valence-corrected chi connectivity index (χ1v) is 20.2. The van der Waals surface area contributed by atoms with Crippen molar-refractivity contribution in [3.05, 3.63) is 150 Å². The van der Waals surface area contributed by atoms with Crippen LogP contribution in [-0.2, 0) is 32.1 Å². The maximum atomic E-state index is 2.60. The van der Waals surface area contributed by atoms with Gasteiger partial charge in [-0.25, -0.2) is 0 Å². The SMILES string of the molecule is Cc1ccc([C](c2ccc(C)cc2)=[Zr]([C]2=CC=CC2)[CH]2c3cc(C)c(C(C)(C)C)cc3-c3cc(C(C)(C)C)c(C)cc32)cc1.Cl.Cl. The molecule has 0 bridgehead atoms. The molecule has 46 heavy (non-hydrogen) atoms. The molecule has 0 N–H and O–H groups in total. The summed E-state index contributed by atoms with van der Waals surface area (Å²) in [4.78, 5) is 0. The summed E-state index contributed by atoms with van der Waals surface area (Å²) in [6, 6.07) is 29.1. The number of fused-ring (bicyclic) bond motifs is 3. The standard InChI is InChI=1S/C23H29.C15H14.C5H5.2ClH.Zr/c1-14-9-16-11-17-10-15(2)21(23(6,7)8)13-19(17)18(16)12-20(14)22(3,4)5;1-12-3-7-14(8-4-12)11-15-9-5-13(2)6-10-15;1-2-4-5-3-1;;;/h9-13H,1-8H3;3-10H,1-2H3;1-3H,4H2;2*1H;.